The van der Waals surface area contributed by atoms with Gasteiger partial charge in [0.2, 0.25) is 0 Å². The molecule has 0 radical (unpaired) electrons. The Labute approximate surface area is 308 Å². The lowest BCUT2D eigenvalue weighted by atomic mass is 9.84. The number of hydrogen-bond donors (Lipinski definition) is 0. The van der Waals surface area contributed by atoms with Crippen LogP contribution < -0.4 is 0 Å². The normalized spacial score (nSPS) is 16.5. The van der Waals surface area contributed by atoms with Crippen LogP contribution in [0, 0.1) is 0 Å². The predicted octanol–water partition coefficient (Wildman–Crippen LogP) is 13.7. The number of fused-ring (bicyclic) bond motifs is 6. The first-order valence-electron chi connectivity index (χ1n) is 24.0. The van der Waals surface area contributed by atoms with E-state index < -0.39 is 89.7 Å². The molecule has 1 nitrogen and oxygen atoms in total. The largest absolute Gasteiger partial charge is 0.456 e. The number of hydrogen-bond acceptors (Lipinski definition) is 1. The second-order valence-corrected chi connectivity index (χ2v) is 11.5. The average molecular weight is 640 g/mol. The van der Waals surface area contributed by atoms with Crippen molar-refractivity contribution in [3.63, 3.8) is 0 Å². The van der Waals surface area contributed by atoms with Crippen LogP contribution in [0.5, 0.6) is 0 Å². The van der Waals surface area contributed by atoms with E-state index in [-0.39, 0.29) is 79.1 Å². The van der Waals surface area contributed by atoms with Crippen LogP contribution in [-0.2, 0) is 0 Å². The molecule has 0 aliphatic carbocycles. The number of furan rings is 1. The summed E-state index contributed by atoms with van der Waals surface area (Å²) in [4.78, 5) is 0. The molecule has 0 saturated heterocycles. The van der Waals surface area contributed by atoms with E-state index in [1.165, 1.54) is 0 Å². The molecule has 228 valence electrons. The predicted molar refractivity (Wildman–Crippen MR) is 208 cm³/mol. The van der Waals surface area contributed by atoms with Gasteiger partial charge in [-0.2, -0.15) is 0 Å². The van der Waals surface area contributed by atoms with Crippen molar-refractivity contribution in [3.05, 3.63) is 182 Å². The lowest BCUT2D eigenvalue weighted by Crippen LogP contribution is -1.91. The highest BCUT2D eigenvalue weighted by atomic mass is 16.3. The fraction of sp³-hybridized carbons (Fsp3) is 0. The van der Waals surface area contributed by atoms with E-state index in [1.54, 1.807) is 78.9 Å². The van der Waals surface area contributed by atoms with Gasteiger partial charge in [-0.1, -0.05) is 151 Å². The lowest BCUT2D eigenvalue weighted by molar-refractivity contribution is 0.669. The number of benzene rings is 9. The van der Waals surface area contributed by atoms with E-state index in [9.17, 15) is 9.60 Å². The quantitative estimate of drug-likeness (QED) is 0.175. The van der Waals surface area contributed by atoms with Crippen LogP contribution in [0.2, 0.25) is 0 Å². The highest BCUT2D eigenvalue weighted by molar-refractivity contribution is 6.26. The van der Waals surface area contributed by atoms with Crippen molar-refractivity contribution in [1.82, 2.24) is 0 Å². The second kappa shape index (κ2) is 11.1. The zero-order valence-corrected chi connectivity index (χ0v) is 25.4. The number of rotatable bonds is 4. The van der Waals surface area contributed by atoms with E-state index in [0.717, 1.165) is 0 Å². The van der Waals surface area contributed by atoms with E-state index in [0.29, 0.717) is 32.7 Å². The SMILES string of the molecule is [2H]c1c([2H])c([2H])c(-c2c([2H])c([2H])c3c([2H])c(-c4c5ccccc5c(-c5c([2H])c([2H])c([2H])c6oc7c([2H])c([2H])c(-c8ccccc8)c([2H])c7c56)c5ccccc45)c([2H])c([2H])c3c2[2H])c([2H])c1[2H]. The minimum Gasteiger partial charge on any atom is -0.456 e. The molecular formula is C48H30O. The summed E-state index contributed by atoms with van der Waals surface area (Å²) >= 11 is 0. The smallest absolute Gasteiger partial charge is 0.136 e. The third-order valence-electron chi connectivity index (χ3n) is 8.69. The first-order chi connectivity index (χ1) is 31.4. The molecule has 0 saturated carbocycles. The molecule has 9 aromatic carbocycles. The van der Waals surface area contributed by atoms with Crippen molar-refractivity contribution in [2.24, 2.45) is 0 Å². The minimum absolute atomic E-state index is 0.0673. The summed E-state index contributed by atoms with van der Waals surface area (Å²) in [5.74, 6) is 0. The van der Waals surface area contributed by atoms with Crippen LogP contribution in [0.4, 0.5) is 0 Å². The first-order valence-corrected chi connectivity index (χ1v) is 15.5. The van der Waals surface area contributed by atoms with Crippen LogP contribution in [0.25, 0.3) is 98.8 Å². The Hall–Kier alpha value is -6.44. The van der Waals surface area contributed by atoms with Gasteiger partial charge in [0.1, 0.15) is 11.2 Å². The highest BCUT2D eigenvalue weighted by Gasteiger charge is 2.20. The van der Waals surface area contributed by atoms with Crippen LogP contribution in [0.1, 0.15) is 23.3 Å². The van der Waals surface area contributed by atoms with Gasteiger partial charge in [0, 0.05) is 10.8 Å². The third-order valence-corrected chi connectivity index (χ3v) is 8.69. The molecule has 49 heavy (non-hydrogen) atoms. The summed E-state index contributed by atoms with van der Waals surface area (Å²) in [6.07, 6.45) is 0. The van der Waals surface area contributed by atoms with Gasteiger partial charge in [0.25, 0.3) is 0 Å². The van der Waals surface area contributed by atoms with Crippen molar-refractivity contribution in [2.45, 2.75) is 0 Å². The molecule has 0 fully saturated rings. The van der Waals surface area contributed by atoms with Gasteiger partial charge < -0.3 is 4.42 Å². The van der Waals surface area contributed by atoms with Gasteiger partial charge in [-0.15, -0.1) is 0 Å². The molecule has 0 bridgehead atoms. The molecule has 0 spiro atoms. The summed E-state index contributed by atoms with van der Waals surface area (Å²) in [5.41, 5.74) is -0.157. The van der Waals surface area contributed by atoms with Gasteiger partial charge in [-0.3, -0.25) is 0 Å². The maximum absolute atomic E-state index is 9.70. The van der Waals surface area contributed by atoms with Gasteiger partial charge in [-0.05, 0) is 107 Å². The Morgan fingerprint density at radius 1 is 0.367 bits per heavy atom. The zero-order valence-electron chi connectivity index (χ0n) is 42.4. The first kappa shape index (κ1) is 15.6. The molecule has 10 aromatic rings. The second-order valence-electron chi connectivity index (χ2n) is 11.5. The summed E-state index contributed by atoms with van der Waals surface area (Å²) in [6, 6.07) is 13.0. The molecule has 0 aliphatic rings. The van der Waals surface area contributed by atoms with Crippen molar-refractivity contribution < 1.29 is 27.7 Å². The Bertz CT molecular complexity index is 3760. The van der Waals surface area contributed by atoms with Gasteiger partial charge in [0.15, 0.2) is 0 Å². The fourth-order valence-corrected chi connectivity index (χ4v) is 6.56. The molecule has 10 rings (SSSR count). The van der Waals surface area contributed by atoms with Crippen LogP contribution in [0.3, 0.4) is 0 Å². The maximum Gasteiger partial charge on any atom is 0.136 e. The summed E-state index contributed by atoms with van der Waals surface area (Å²) < 4.78 is 159. The van der Waals surface area contributed by atoms with Gasteiger partial charge in [0.05, 0.1) is 23.3 Å². The van der Waals surface area contributed by atoms with Crippen molar-refractivity contribution in [1.29, 1.82) is 0 Å². The maximum atomic E-state index is 9.70. The monoisotopic (exact) mass is 639 g/mol. The molecule has 1 aromatic heterocycles. The molecule has 1 heteroatoms. The Balaban J connectivity index is 1.35. The van der Waals surface area contributed by atoms with Crippen molar-refractivity contribution in [3.8, 4) is 44.5 Å². The van der Waals surface area contributed by atoms with Gasteiger partial charge in [-0.25, -0.2) is 0 Å². The molecule has 0 amide bonds. The Morgan fingerprint density at radius 2 is 0.959 bits per heavy atom. The van der Waals surface area contributed by atoms with E-state index in [1.807, 2.05) is 0 Å². The highest BCUT2D eigenvalue weighted by Crippen LogP contribution is 2.47. The molecule has 0 unspecified atom stereocenters. The molecule has 1 heterocycles. The summed E-state index contributed by atoms with van der Waals surface area (Å²) in [7, 11) is 0. The summed E-state index contributed by atoms with van der Waals surface area (Å²) in [6.45, 7) is 0. The Morgan fingerprint density at radius 3 is 1.67 bits per heavy atom. The zero-order chi connectivity index (χ0) is 47.1. The fourth-order valence-electron chi connectivity index (χ4n) is 6.56. The minimum atomic E-state index is -0.726. The van der Waals surface area contributed by atoms with Crippen LogP contribution in [0.15, 0.2) is 186 Å². The molecule has 0 aliphatic heterocycles. The van der Waals surface area contributed by atoms with Gasteiger partial charge >= 0.3 is 0 Å². The van der Waals surface area contributed by atoms with Crippen molar-refractivity contribution in [2.75, 3.05) is 0 Å². The van der Waals surface area contributed by atoms with E-state index in [4.69, 9.17) is 18.1 Å². The summed E-state index contributed by atoms with van der Waals surface area (Å²) in [5, 5.41) is 1.06. The van der Waals surface area contributed by atoms with Crippen LogP contribution >= 0.6 is 0 Å². The molecule has 0 N–H and O–H groups in total. The Kier molecular flexibility index (Phi) is 3.54. The molecular weight excluding hydrogens is 593 g/mol. The lowest BCUT2D eigenvalue weighted by Gasteiger charge is -2.18. The topological polar surface area (TPSA) is 13.1 Å². The standard InChI is InChI=1S/C48H30O/c1-3-12-31(13-4-1)33-22-23-35-29-37(25-24-34(35)28-33)46-38-16-7-9-18-40(38)47(41-19-10-8-17-39(41)46)42-20-11-21-45-48(42)43-30-36(26-27-44(43)49-45)32-14-5-2-6-15-32/h1-30H/i1D,3D,4D,11D,12D,13D,20D,21D,22D,23D,24D,25D,26D,27D,28D,29D,30D. The van der Waals surface area contributed by atoms with Crippen molar-refractivity contribution >= 4 is 54.3 Å². The molecule has 0 atom stereocenters. The average Bonchev–Trinajstić information content (AvgIpc) is 3.72. The van der Waals surface area contributed by atoms with Crippen LogP contribution in [-0.4, -0.2) is 0 Å². The third kappa shape index (κ3) is 4.47. The van der Waals surface area contributed by atoms with E-state index in [2.05, 4.69) is 0 Å². The van der Waals surface area contributed by atoms with E-state index >= 15 is 0 Å².